The lowest BCUT2D eigenvalue weighted by atomic mass is 10.2. The summed E-state index contributed by atoms with van der Waals surface area (Å²) >= 11 is 4.29. The smallest absolute Gasteiger partial charge is 0.412 e. The second kappa shape index (κ2) is 5.05. The van der Waals surface area contributed by atoms with E-state index in [9.17, 15) is 9.59 Å². The second-order valence-electron chi connectivity index (χ2n) is 4.23. The number of ether oxygens (including phenoxy) is 1. The van der Waals surface area contributed by atoms with Crippen LogP contribution >= 0.6 is 27.3 Å². The maximum Gasteiger partial charge on any atom is 0.412 e. The molecule has 0 radical (unpaired) electrons. The Labute approximate surface area is 111 Å². The standard InChI is InChI=1S/C10H12BrNO4S/c1-10(2,3)16-9(15)12-7-5(8(13)14)4-6(11)17-7/h4H,1-3H3,(H,12,15)(H,13,14). The molecule has 0 aliphatic carbocycles. The number of carbonyl (C=O) groups excluding carboxylic acids is 1. The fraction of sp³-hybridized carbons (Fsp3) is 0.400. The molecule has 0 spiro atoms. The summed E-state index contributed by atoms with van der Waals surface area (Å²) in [5.74, 6) is -1.10. The van der Waals surface area contributed by atoms with Gasteiger partial charge in [0.25, 0.3) is 0 Å². The van der Waals surface area contributed by atoms with E-state index in [-0.39, 0.29) is 10.6 Å². The molecule has 0 aromatic carbocycles. The summed E-state index contributed by atoms with van der Waals surface area (Å²) in [6, 6.07) is 1.43. The molecule has 1 aromatic rings. The molecule has 0 fully saturated rings. The number of hydrogen-bond acceptors (Lipinski definition) is 4. The molecular formula is C10H12BrNO4S. The van der Waals surface area contributed by atoms with Crippen LogP contribution in [0.15, 0.2) is 9.85 Å². The molecule has 0 saturated carbocycles. The number of hydrogen-bond donors (Lipinski definition) is 2. The molecule has 0 aliphatic heterocycles. The van der Waals surface area contributed by atoms with Gasteiger partial charge in [-0.3, -0.25) is 5.32 Å². The van der Waals surface area contributed by atoms with Crippen molar-refractivity contribution in [1.29, 1.82) is 0 Å². The van der Waals surface area contributed by atoms with Crippen LogP contribution in [-0.2, 0) is 4.74 Å². The van der Waals surface area contributed by atoms with E-state index in [0.29, 0.717) is 3.79 Å². The topological polar surface area (TPSA) is 75.6 Å². The van der Waals surface area contributed by atoms with Crippen molar-refractivity contribution in [1.82, 2.24) is 0 Å². The zero-order valence-electron chi connectivity index (χ0n) is 9.54. The third kappa shape index (κ3) is 4.35. The van der Waals surface area contributed by atoms with E-state index in [1.54, 1.807) is 20.8 Å². The summed E-state index contributed by atoms with van der Waals surface area (Å²) < 4.78 is 5.66. The molecule has 94 valence electrons. The Morgan fingerprint density at radius 1 is 1.47 bits per heavy atom. The lowest BCUT2D eigenvalue weighted by Gasteiger charge is -2.19. The van der Waals surface area contributed by atoms with Crippen LogP contribution in [0.1, 0.15) is 31.1 Å². The van der Waals surface area contributed by atoms with Crippen LogP contribution in [0.4, 0.5) is 9.80 Å². The van der Waals surface area contributed by atoms with Gasteiger partial charge in [-0.15, -0.1) is 11.3 Å². The molecule has 7 heteroatoms. The van der Waals surface area contributed by atoms with Gasteiger partial charge in [-0.2, -0.15) is 0 Å². The zero-order chi connectivity index (χ0) is 13.2. The van der Waals surface area contributed by atoms with Crippen LogP contribution in [0.5, 0.6) is 0 Å². The van der Waals surface area contributed by atoms with Gasteiger partial charge in [0.2, 0.25) is 0 Å². The van der Waals surface area contributed by atoms with Gasteiger partial charge in [-0.05, 0) is 42.8 Å². The highest BCUT2D eigenvalue weighted by atomic mass is 79.9. The number of carbonyl (C=O) groups is 2. The Bertz CT molecular complexity index is 450. The summed E-state index contributed by atoms with van der Waals surface area (Å²) in [7, 11) is 0. The first kappa shape index (κ1) is 14.0. The molecule has 0 saturated heterocycles. The number of anilines is 1. The number of halogens is 1. The normalized spacial score (nSPS) is 11.1. The van der Waals surface area contributed by atoms with Gasteiger partial charge in [0.1, 0.15) is 10.6 Å². The lowest BCUT2D eigenvalue weighted by molar-refractivity contribution is 0.0636. The van der Waals surface area contributed by atoms with Crippen molar-refractivity contribution >= 4 is 44.3 Å². The van der Waals surface area contributed by atoms with Crippen molar-refractivity contribution in [2.75, 3.05) is 5.32 Å². The van der Waals surface area contributed by atoms with Crippen molar-refractivity contribution in [3.8, 4) is 0 Å². The molecule has 0 bridgehead atoms. The van der Waals surface area contributed by atoms with Crippen molar-refractivity contribution in [2.45, 2.75) is 26.4 Å². The molecule has 17 heavy (non-hydrogen) atoms. The van der Waals surface area contributed by atoms with E-state index in [1.807, 2.05) is 0 Å². The molecule has 0 unspecified atom stereocenters. The van der Waals surface area contributed by atoms with Gasteiger partial charge >= 0.3 is 12.1 Å². The Kier molecular flexibility index (Phi) is 4.16. The maximum absolute atomic E-state index is 11.5. The first-order valence-electron chi connectivity index (χ1n) is 4.71. The first-order chi connectivity index (χ1) is 7.69. The van der Waals surface area contributed by atoms with Gasteiger partial charge in [0.05, 0.1) is 9.35 Å². The highest BCUT2D eigenvalue weighted by Crippen LogP contribution is 2.32. The number of aromatic carboxylic acids is 1. The molecule has 0 atom stereocenters. The first-order valence-corrected chi connectivity index (χ1v) is 6.32. The third-order valence-corrected chi connectivity index (χ3v) is 3.10. The van der Waals surface area contributed by atoms with Crippen LogP contribution in [0, 0.1) is 0 Å². The Morgan fingerprint density at radius 3 is 2.53 bits per heavy atom. The van der Waals surface area contributed by atoms with Crippen molar-refractivity contribution in [3.63, 3.8) is 0 Å². The van der Waals surface area contributed by atoms with Crippen LogP contribution in [0.3, 0.4) is 0 Å². The predicted octanol–water partition coefficient (Wildman–Crippen LogP) is 3.56. The Morgan fingerprint density at radius 2 is 2.06 bits per heavy atom. The second-order valence-corrected chi connectivity index (χ2v) is 6.66. The summed E-state index contributed by atoms with van der Waals surface area (Å²) in [4.78, 5) is 22.4. The number of carboxylic acid groups (broad SMARTS) is 1. The van der Waals surface area contributed by atoms with Gasteiger partial charge in [0, 0.05) is 0 Å². The fourth-order valence-electron chi connectivity index (χ4n) is 1.01. The molecule has 1 heterocycles. The lowest BCUT2D eigenvalue weighted by Crippen LogP contribution is -2.27. The minimum Gasteiger partial charge on any atom is -0.478 e. The van der Waals surface area contributed by atoms with Crippen molar-refractivity contribution in [3.05, 3.63) is 15.4 Å². The number of carboxylic acids is 1. The third-order valence-electron chi connectivity index (χ3n) is 1.55. The largest absolute Gasteiger partial charge is 0.478 e. The molecular weight excluding hydrogens is 310 g/mol. The van der Waals surface area contributed by atoms with E-state index in [4.69, 9.17) is 9.84 Å². The van der Waals surface area contributed by atoms with E-state index in [2.05, 4.69) is 21.2 Å². The zero-order valence-corrected chi connectivity index (χ0v) is 11.9. The summed E-state index contributed by atoms with van der Waals surface area (Å²) in [5, 5.41) is 11.6. The van der Waals surface area contributed by atoms with Crippen molar-refractivity contribution < 1.29 is 19.4 Å². The SMILES string of the molecule is CC(C)(C)OC(=O)Nc1sc(Br)cc1C(=O)O. The number of amides is 1. The minimum atomic E-state index is -1.10. The average Bonchev–Trinajstić information content (AvgIpc) is 2.42. The van der Waals surface area contributed by atoms with Crippen LogP contribution < -0.4 is 5.32 Å². The van der Waals surface area contributed by atoms with Gasteiger partial charge in [0.15, 0.2) is 0 Å². The van der Waals surface area contributed by atoms with Crippen LogP contribution in [0.25, 0.3) is 0 Å². The fourth-order valence-corrected chi connectivity index (χ4v) is 2.49. The summed E-state index contributed by atoms with van der Waals surface area (Å²) in [6.07, 6.45) is -0.672. The number of rotatable bonds is 2. The van der Waals surface area contributed by atoms with Gasteiger partial charge in [-0.25, -0.2) is 9.59 Å². The van der Waals surface area contributed by atoms with Crippen LogP contribution in [-0.4, -0.2) is 22.8 Å². The van der Waals surface area contributed by atoms with E-state index < -0.39 is 17.7 Å². The summed E-state index contributed by atoms with van der Waals surface area (Å²) in [6.45, 7) is 5.19. The van der Waals surface area contributed by atoms with E-state index in [0.717, 1.165) is 11.3 Å². The maximum atomic E-state index is 11.5. The Hall–Kier alpha value is -1.08. The highest BCUT2D eigenvalue weighted by Gasteiger charge is 2.20. The molecule has 2 N–H and O–H groups in total. The van der Waals surface area contributed by atoms with E-state index >= 15 is 0 Å². The van der Waals surface area contributed by atoms with E-state index in [1.165, 1.54) is 6.07 Å². The monoisotopic (exact) mass is 321 g/mol. The molecule has 5 nitrogen and oxygen atoms in total. The van der Waals surface area contributed by atoms with Gasteiger partial charge < -0.3 is 9.84 Å². The minimum absolute atomic E-state index is 0.0349. The summed E-state index contributed by atoms with van der Waals surface area (Å²) in [5.41, 5.74) is -0.588. The molecule has 1 aromatic heterocycles. The van der Waals surface area contributed by atoms with Crippen LogP contribution in [0.2, 0.25) is 0 Å². The quantitative estimate of drug-likeness (QED) is 0.873. The van der Waals surface area contributed by atoms with Crippen molar-refractivity contribution in [2.24, 2.45) is 0 Å². The average molecular weight is 322 g/mol. The van der Waals surface area contributed by atoms with Gasteiger partial charge in [-0.1, -0.05) is 0 Å². The highest BCUT2D eigenvalue weighted by molar-refractivity contribution is 9.11. The molecule has 1 amide bonds. The number of thiophene rings is 1. The molecule has 0 aliphatic rings. The molecule has 1 rings (SSSR count). The predicted molar refractivity (Wildman–Crippen MR) is 68.8 cm³/mol. The Balaban J connectivity index is 2.81. The number of nitrogens with one attached hydrogen (secondary N) is 1.